The molecule has 0 radical (unpaired) electrons. The van der Waals surface area contributed by atoms with Gasteiger partial charge in [0.25, 0.3) is 5.91 Å². The number of amides is 2. The summed E-state index contributed by atoms with van der Waals surface area (Å²) in [6, 6.07) is 24.7. The monoisotopic (exact) mass is 537 g/mol. The summed E-state index contributed by atoms with van der Waals surface area (Å²) in [7, 11) is 0. The lowest BCUT2D eigenvalue weighted by molar-refractivity contribution is -0.121. The average Bonchev–Trinajstić information content (AvgIpc) is 3.42. The Balaban J connectivity index is 1.11. The molecule has 0 atom stereocenters. The first-order chi connectivity index (χ1) is 19.2. The summed E-state index contributed by atoms with van der Waals surface area (Å²) < 4.78 is 5.45. The van der Waals surface area contributed by atoms with Gasteiger partial charge in [0.15, 0.2) is 0 Å². The van der Waals surface area contributed by atoms with E-state index in [1.54, 1.807) is 6.07 Å². The Kier molecular flexibility index (Phi) is 8.07. The van der Waals surface area contributed by atoms with Crippen LogP contribution in [0.2, 0.25) is 0 Å². The van der Waals surface area contributed by atoms with E-state index < -0.39 is 0 Å². The average molecular weight is 538 g/mol. The van der Waals surface area contributed by atoms with Crippen LogP contribution in [0, 0.1) is 5.92 Å². The second-order valence-electron chi connectivity index (χ2n) is 11.3. The van der Waals surface area contributed by atoms with Gasteiger partial charge in [0.2, 0.25) is 17.6 Å². The molecule has 1 saturated heterocycles. The zero-order valence-electron chi connectivity index (χ0n) is 23.2. The first kappa shape index (κ1) is 27.3. The lowest BCUT2D eigenvalue weighted by Crippen LogP contribution is -2.37. The fourth-order valence-electron chi connectivity index (χ4n) is 4.81. The molecule has 0 bridgehead atoms. The van der Waals surface area contributed by atoms with Crippen LogP contribution < -0.4 is 10.6 Å². The number of carbonyl (C=O) groups excluding carboxylic acids is 2. The van der Waals surface area contributed by atoms with E-state index in [1.165, 1.54) is 5.56 Å². The van der Waals surface area contributed by atoms with Gasteiger partial charge >= 0.3 is 0 Å². The zero-order chi connectivity index (χ0) is 28.1. The predicted octanol–water partition coefficient (Wildman–Crippen LogP) is 6.14. The minimum atomic E-state index is -0.187. The van der Waals surface area contributed by atoms with E-state index in [4.69, 9.17) is 4.52 Å². The molecular weight excluding hydrogens is 502 g/mol. The molecular formula is C32H35N5O3. The van der Waals surface area contributed by atoms with E-state index in [-0.39, 0.29) is 23.1 Å². The van der Waals surface area contributed by atoms with E-state index in [0.29, 0.717) is 35.2 Å². The molecule has 2 N–H and O–H groups in total. The Labute approximate surface area is 234 Å². The predicted molar refractivity (Wildman–Crippen MR) is 156 cm³/mol. The molecule has 0 aliphatic carbocycles. The SMILES string of the molecule is CC(C)(C)c1ccc(C(=O)Nc2cccc(NC(=O)C3CCN(Cc4nc(-c5ccccc5)no4)CC3)c2)cc1. The van der Waals surface area contributed by atoms with Gasteiger partial charge in [-0.15, -0.1) is 0 Å². The number of hydrogen-bond donors (Lipinski definition) is 2. The van der Waals surface area contributed by atoms with Crippen molar-refractivity contribution in [2.75, 3.05) is 23.7 Å². The first-order valence-electron chi connectivity index (χ1n) is 13.7. The molecule has 40 heavy (non-hydrogen) atoms. The first-order valence-corrected chi connectivity index (χ1v) is 13.7. The third-order valence-electron chi connectivity index (χ3n) is 7.22. The summed E-state index contributed by atoms with van der Waals surface area (Å²) in [6.07, 6.45) is 1.49. The summed E-state index contributed by atoms with van der Waals surface area (Å²) in [5, 5.41) is 10.1. The Hall–Kier alpha value is -4.30. The van der Waals surface area contributed by atoms with Crippen LogP contribution in [0.25, 0.3) is 11.4 Å². The molecule has 1 fully saturated rings. The zero-order valence-corrected chi connectivity index (χ0v) is 23.2. The van der Waals surface area contributed by atoms with Crippen LogP contribution in [-0.4, -0.2) is 39.9 Å². The van der Waals surface area contributed by atoms with Crippen molar-refractivity contribution in [3.05, 3.63) is 95.9 Å². The van der Waals surface area contributed by atoms with Gasteiger partial charge in [0.1, 0.15) is 0 Å². The molecule has 0 unspecified atom stereocenters. The molecule has 8 nitrogen and oxygen atoms in total. The number of anilines is 2. The fraction of sp³-hybridized carbons (Fsp3) is 0.312. The normalized spacial score (nSPS) is 14.6. The highest BCUT2D eigenvalue weighted by Gasteiger charge is 2.26. The Morgan fingerprint density at radius 2 is 1.57 bits per heavy atom. The number of likely N-dealkylation sites (tertiary alicyclic amines) is 1. The topological polar surface area (TPSA) is 100 Å². The van der Waals surface area contributed by atoms with Gasteiger partial charge in [-0.05, 0) is 67.2 Å². The smallest absolute Gasteiger partial charge is 0.255 e. The molecule has 5 rings (SSSR count). The van der Waals surface area contributed by atoms with Crippen molar-refractivity contribution in [3.63, 3.8) is 0 Å². The van der Waals surface area contributed by atoms with Crippen molar-refractivity contribution in [2.45, 2.75) is 45.6 Å². The van der Waals surface area contributed by atoms with Gasteiger partial charge in [0, 0.05) is 28.4 Å². The van der Waals surface area contributed by atoms with Gasteiger partial charge in [-0.1, -0.05) is 74.5 Å². The quantitative estimate of drug-likeness (QED) is 0.294. The number of hydrogen-bond acceptors (Lipinski definition) is 6. The van der Waals surface area contributed by atoms with Gasteiger partial charge in [0.05, 0.1) is 6.54 Å². The molecule has 3 aromatic carbocycles. The number of benzene rings is 3. The van der Waals surface area contributed by atoms with E-state index >= 15 is 0 Å². The molecule has 1 aliphatic heterocycles. The maximum atomic E-state index is 13.0. The van der Waals surface area contributed by atoms with Gasteiger partial charge in [-0.2, -0.15) is 4.98 Å². The molecule has 2 amide bonds. The van der Waals surface area contributed by atoms with Crippen LogP contribution in [-0.2, 0) is 16.8 Å². The van der Waals surface area contributed by atoms with Crippen molar-refractivity contribution in [2.24, 2.45) is 5.92 Å². The van der Waals surface area contributed by atoms with Crippen LogP contribution in [0.4, 0.5) is 11.4 Å². The van der Waals surface area contributed by atoms with Crippen LogP contribution >= 0.6 is 0 Å². The third-order valence-corrected chi connectivity index (χ3v) is 7.22. The molecule has 4 aromatic rings. The molecule has 0 spiro atoms. The minimum Gasteiger partial charge on any atom is -0.338 e. The number of aromatic nitrogens is 2. The highest BCUT2D eigenvalue weighted by Crippen LogP contribution is 2.25. The van der Waals surface area contributed by atoms with Gasteiger partial charge in [-0.3, -0.25) is 14.5 Å². The van der Waals surface area contributed by atoms with E-state index in [1.807, 2.05) is 72.8 Å². The van der Waals surface area contributed by atoms with Gasteiger partial charge in [-0.25, -0.2) is 0 Å². The Morgan fingerprint density at radius 3 is 2.25 bits per heavy atom. The summed E-state index contributed by atoms with van der Waals surface area (Å²) in [5.74, 6) is 0.879. The standard InChI is InChI=1S/C32H35N5O3/c1-32(2,3)25-14-12-23(13-15-25)30(38)33-26-10-7-11-27(20-26)34-31(39)24-16-18-37(19-17-24)21-28-35-29(36-40-28)22-8-5-4-6-9-22/h4-15,20,24H,16-19,21H2,1-3H3,(H,33,38)(H,34,39). The minimum absolute atomic E-state index is 0.00921. The van der Waals surface area contributed by atoms with Crippen molar-refractivity contribution < 1.29 is 14.1 Å². The highest BCUT2D eigenvalue weighted by atomic mass is 16.5. The lowest BCUT2D eigenvalue weighted by atomic mass is 9.87. The number of piperidine rings is 1. The van der Waals surface area contributed by atoms with Crippen molar-refractivity contribution in [3.8, 4) is 11.4 Å². The number of rotatable bonds is 7. The summed E-state index contributed by atoms with van der Waals surface area (Å²) >= 11 is 0. The summed E-state index contributed by atoms with van der Waals surface area (Å²) in [6.45, 7) is 8.53. The second kappa shape index (κ2) is 11.8. The molecule has 0 saturated carbocycles. The molecule has 8 heteroatoms. The van der Waals surface area contributed by atoms with E-state index in [2.05, 4.69) is 46.4 Å². The maximum Gasteiger partial charge on any atom is 0.255 e. The van der Waals surface area contributed by atoms with Crippen molar-refractivity contribution >= 4 is 23.2 Å². The number of nitrogens with one attached hydrogen (secondary N) is 2. The summed E-state index contributed by atoms with van der Waals surface area (Å²) in [5.41, 5.74) is 4.00. The van der Waals surface area contributed by atoms with Crippen molar-refractivity contribution in [1.29, 1.82) is 0 Å². The van der Waals surface area contributed by atoms with Crippen molar-refractivity contribution in [1.82, 2.24) is 15.0 Å². The molecule has 206 valence electrons. The summed E-state index contributed by atoms with van der Waals surface area (Å²) in [4.78, 5) is 32.5. The van der Waals surface area contributed by atoms with Crippen LogP contribution in [0.15, 0.2) is 83.4 Å². The van der Waals surface area contributed by atoms with E-state index in [9.17, 15) is 9.59 Å². The molecule has 1 aromatic heterocycles. The fourth-order valence-corrected chi connectivity index (χ4v) is 4.81. The number of nitrogens with zero attached hydrogens (tertiary/aromatic N) is 3. The molecule has 2 heterocycles. The largest absolute Gasteiger partial charge is 0.338 e. The Bertz CT molecular complexity index is 1450. The van der Waals surface area contributed by atoms with Gasteiger partial charge < -0.3 is 15.2 Å². The Morgan fingerprint density at radius 1 is 0.900 bits per heavy atom. The number of carbonyl (C=O) groups is 2. The molecule has 1 aliphatic rings. The maximum absolute atomic E-state index is 13.0. The second-order valence-corrected chi connectivity index (χ2v) is 11.3. The van der Waals surface area contributed by atoms with Crippen LogP contribution in [0.1, 0.15) is 55.4 Å². The van der Waals surface area contributed by atoms with Crippen LogP contribution in [0.3, 0.4) is 0 Å². The highest BCUT2D eigenvalue weighted by molar-refractivity contribution is 6.04. The third kappa shape index (κ3) is 6.82. The van der Waals surface area contributed by atoms with Crippen LogP contribution in [0.5, 0.6) is 0 Å². The lowest BCUT2D eigenvalue weighted by Gasteiger charge is -2.30. The van der Waals surface area contributed by atoms with E-state index in [0.717, 1.165) is 31.5 Å².